The van der Waals surface area contributed by atoms with Gasteiger partial charge in [-0.05, 0) is 70.6 Å². The summed E-state index contributed by atoms with van der Waals surface area (Å²) in [5.41, 5.74) is 0. The van der Waals surface area contributed by atoms with Gasteiger partial charge in [0.2, 0.25) is 0 Å². The predicted molar refractivity (Wildman–Crippen MR) is 344 cm³/mol. The molecule has 0 aliphatic carbocycles. The van der Waals surface area contributed by atoms with Crippen LogP contribution in [-0.2, 0) is 28.6 Å². The smallest absolute Gasteiger partial charge is 0.306 e. The zero-order valence-corrected chi connectivity index (χ0v) is 52.9. The molecule has 0 radical (unpaired) electrons. The maximum absolute atomic E-state index is 12.8. The molecule has 0 heterocycles. The molecule has 6 heteroatoms. The molecule has 0 aromatic carbocycles. The van der Waals surface area contributed by atoms with E-state index in [1.165, 1.54) is 257 Å². The molecule has 0 bridgehead atoms. The first-order valence-electron chi connectivity index (χ1n) is 34.8. The highest BCUT2D eigenvalue weighted by Gasteiger charge is 2.19. The van der Waals surface area contributed by atoms with Crippen molar-refractivity contribution in [3.05, 3.63) is 60.8 Å². The Kier molecular flexibility index (Phi) is 65.1. The zero-order chi connectivity index (χ0) is 57.1. The van der Waals surface area contributed by atoms with Crippen LogP contribution in [0.1, 0.15) is 367 Å². The lowest BCUT2D eigenvalue weighted by atomic mass is 10.0. The SMILES string of the molecule is CC/C=C\C/C=C\C/C=C\C/C=C\CCC(=O)OC(COC(=O)CCCCCCCCCCCCCCC)COC(=O)CCCCCCCCCCCCCCCCCCCCCCCCC/C=C\CCCCCCCCCC. The summed E-state index contributed by atoms with van der Waals surface area (Å²) >= 11 is 0. The van der Waals surface area contributed by atoms with E-state index in [0.29, 0.717) is 19.3 Å². The number of hydrogen-bond acceptors (Lipinski definition) is 6. The Morgan fingerprint density at radius 3 is 0.823 bits per heavy atom. The maximum atomic E-state index is 12.8. The molecular weight excluding hydrogens is 973 g/mol. The molecule has 1 unspecified atom stereocenters. The lowest BCUT2D eigenvalue weighted by Gasteiger charge is -2.18. The van der Waals surface area contributed by atoms with Crippen molar-refractivity contribution < 1.29 is 28.6 Å². The van der Waals surface area contributed by atoms with Gasteiger partial charge in [-0.25, -0.2) is 0 Å². The Morgan fingerprint density at radius 1 is 0.266 bits per heavy atom. The van der Waals surface area contributed by atoms with Crippen LogP contribution in [0.4, 0.5) is 0 Å². The van der Waals surface area contributed by atoms with Gasteiger partial charge in [0.05, 0.1) is 0 Å². The van der Waals surface area contributed by atoms with Gasteiger partial charge in [-0.1, -0.05) is 338 Å². The van der Waals surface area contributed by atoms with Crippen LogP contribution in [0.25, 0.3) is 0 Å². The number of carbonyl (C=O) groups is 3. The Labute approximate surface area is 491 Å². The Morgan fingerprint density at radius 2 is 0.519 bits per heavy atom. The van der Waals surface area contributed by atoms with Crippen LogP contribution < -0.4 is 0 Å². The quantitative estimate of drug-likeness (QED) is 0.0261. The summed E-state index contributed by atoms with van der Waals surface area (Å²) in [6, 6.07) is 0. The Bertz CT molecular complexity index is 1410. The van der Waals surface area contributed by atoms with Gasteiger partial charge in [0, 0.05) is 19.3 Å². The van der Waals surface area contributed by atoms with Gasteiger partial charge in [-0.3, -0.25) is 14.4 Å². The van der Waals surface area contributed by atoms with Crippen molar-refractivity contribution in [2.24, 2.45) is 0 Å². The summed E-state index contributed by atoms with van der Waals surface area (Å²) in [6.45, 7) is 6.51. The Balaban J connectivity index is 4.05. The van der Waals surface area contributed by atoms with Crippen LogP contribution >= 0.6 is 0 Å². The van der Waals surface area contributed by atoms with Crippen LogP contribution in [0.2, 0.25) is 0 Å². The molecule has 0 amide bonds. The average molecular weight is 1110 g/mol. The fourth-order valence-electron chi connectivity index (χ4n) is 10.3. The van der Waals surface area contributed by atoms with Crippen LogP contribution in [0.15, 0.2) is 60.8 Å². The molecule has 0 aromatic rings. The number of carbonyl (C=O) groups excluding carboxylic acids is 3. The third-order valence-electron chi connectivity index (χ3n) is 15.5. The van der Waals surface area contributed by atoms with E-state index >= 15 is 0 Å². The standard InChI is InChI=1S/C73H132O6/c1-4-7-10-13-16-19-22-25-26-27-28-29-30-31-32-33-34-35-36-37-38-39-40-41-42-43-44-45-46-49-51-54-57-60-63-66-72(75)78-69-70(79-73(76)67-64-61-58-55-52-48-24-21-18-15-12-9-6-3)68-77-71(74)65-62-59-56-53-50-47-23-20-17-14-11-8-5-2/h9,12,18,21,27-28,48,52,58,61,70H,4-8,10-11,13-17,19-20,22-26,29-47,49-51,53-57,59-60,62-69H2,1-3H3/b12-9-,21-18-,28-27-,52-48-,61-58-. The fourth-order valence-corrected chi connectivity index (χ4v) is 10.3. The third-order valence-corrected chi connectivity index (χ3v) is 15.5. The molecule has 0 aliphatic rings. The second-order valence-corrected chi connectivity index (χ2v) is 23.4. The van der Waals surface area contributed by atoms with Gasteiger partial charge >= 0.3 is 17.9 Å². The van der Waals surface area contributed by atoms with E-state index < -0.39 is 6.10 Å². The van der Waals surface area contributed by atoms with E-state index in [-0.39, 0.29) is 37.5 Å². The number of unbranched alkanes of at least 4 members (excludes halogenated alkanes) is 43. The van der Waals surface area contributed by atoms with Crippen molar-refractivity contribution in [2.45, 2.75) is 374 Å². The first-order valence-corrected chi connectivity index (χ1v) is 34.8. The molecular formula is C73H132O6. The summed E-state index contributed by atoms with van der Waals surface area (Å²) < 4.78 is 16.8. The van der Waals surface area contributed by atoms with Gasteiger partial charge in [-0.15, -0.1) is 0 Å². The maximum Gasteiger partial charge on any atom is 0.306 e. The number of hydrogen-bond donors (Lipinski definition) is 0. The third kappa shape index (κ3) is 65.8. The van der Waals surface area contributed by atoms with E-state index in [2.05, 4.69) is 75.5 Å². The lowest BCUT2D eigenvalue weighted by molar-refractivity contribution is -0.166. The van der Waals surface area contributed by atoms with Crippen LogP contribution in [0.5, 0.6) is 0 Å². The molecule has 6 nitrogen and oxygen atoms in total. The first-order chi connectivity index (χ1) is 39.0. The molecule has 0 aromatic heterocycles. The van der Waals surface area contributed by atoms with Crippen molar-refractivity contribution >= 4 is 17.9 Å². The highest BCUT2D eigenvalue weighted by molar-refractivity contribution is 5.71. The topological polar surface area (TPSA) is 78.9 Å². The number of ether oxygens (including phenoxy) is 3. The minimum Gasteiger partial charge on any atom is -0.462 e. The summed E-state index contributed by atoms with van der Waals surface area (Å²) in [5.74, 6) is -0.962. The van der Waals surface area contributed by atoms with E-state index in [9.17, 15) is 14.4 Å². The van der Waals surface area contributed by atoms with E-state index in [4.69, 9.17) is 14.2 Å². The molecule has 0 aliphatic heterocycles. The largest absolute Gasteiger partial charge is 0.462 e. The summed E-state index contributed by atoms with van der Waals surface area (Å²) in [7, 11) is 0. The Hall–Kier alpha value is -2.89. The van der Waals surface area contributed by atoms with E-state index in [1.807, 2.05) is 6.08 Å². The van der Waals surface area contributed by atoms with E-state index in [0.717, 1.165) is 64.2 Å². The summed E-state index contributed by atoms with van der Waals surface area (Å²) in [4.78, 5) is 38.2. The number of esters is 3. The minimum atomic E-state index is -0.809. The predicted octanol–water partition coefficient (Wildman–Crippen LogP) is 23.9. The lowest BCUT2D eigenvalue weighted by Crippen LogP contribution is -2.30. The number of rotatable bonds is 64. The minimum absolute atomic E-state index is 0.0981. The zero-order valence-electron chi connectivity index (χ0n) is 52.9. The molecule has 0 saturated carbocycles. The van der Waals surface area contributed by atoms with Gasteiger partial charge < -0.3 is 14.2 Å². The second kappa shape index (κ2) is 67.6. The molecule has 0 rings (SSSR count). The normalized spacial score (nSPS) is 12.4. The summed E-state index contributed by atoms with van der Waals surface area (Å²) in [6.07, 6.45) is 87.3. The van der Waals surface area contributed by atoms with Crippen molar-refractivity contribution in [3.63, 3.8) is 0 Å². The van der Waals surface area contributed by atoms with Crippen molar-refractivity contribution in [1.29, 1.82) is 0 Å². The van der Waals surface area contributed by atoms with Gasteiger partial charge in [0.15, 0.2) is 6.10 Å². The molecule has 460 valence electrons. The van der Waals surface area contributed by atoms with Gasteiger partial charge in [-0.2, -0.15) is 0 Å². The monoisotopic (exact) mass is 1110 g/mol. The molecule has 0 saturated heterocycles. The second-order valence-electron chi connectivity index (χ2n) is 23.4. The first kappa shape index (κ1) is 76.1. The average Bonchev–Trinajstić information content (AvgIpc) is 3.45. The molecule has 0 fully saturated rings. The van der Waals surface area contributed by atoms with Gasteiger partial charge in [0.25, 0.3) is 0 Å². The van der Waals surface area contributed by atoms with Crippen LogP contribution in [-0.4, -0.2) is 37.2 Å². The molecule has 0 spiro atoms. The van der Waals surface area contributed by atoms with E-state index in [1.54, 1.807) is 0 Å². The van der Waals surface area contributed by atoms with Crippen molar-refractivity contribution in [1.82, 2.24) is 0 Å². The highest BCUT2D eigenvalue weighted by Crippen LogP contribution is 2.18. The molecule has 1 atom stereocenters. The van der Waals surface area contributed by atoms with Crippen molar-refractivity contribution in [2.75, 3.05) is 13.2 Å². The van der Waals surface area contributed by atoms with Gasteiger partial charge in [0.1, 0.15) is 13.2 Å². The van der Waals surface area contributed by atoms with Crippen molar-refractivity contribution in [3.8, 4) is 0 Å². The number of allylic oxidation sites excluding steroid dienone is 10. The fraction of sp³-hybridized carbons (Fsp3) is 0.822. The molecule has 79 heavy (non-hydrogen) atoms. The summed E-state index contributed by atoms with van der Waals surface area (Å²) in [5, 5.41) is 0. The van der Waals surface area contributed by atoms with Crippen LogP contribution in [0, 0.1) is 0 Å². The van der Waals surface area contributed by atoms with Crippen LogP contribution in [0.3, 0.4) is 0 Å². The highest BCUT2D eigenvalue weighted by atomic mass is 16.6. The molecule has 0 N–H and O–H groups in total.